The minimum Gasteiger partial charge on any atom is -0.310 e. The summed E-state index contributed by atoms with van der Waals surface area (Å²) in [5, 5.41) is 8.01. The zero-order chi connectivity index (χ0) is 13.4. The molecular weight excluding hydrogens is 222 g/mol. The van der Waals surface area contributed by atoms with E-state index in [1.807, 2.05) is 17.8 Å². The Bertz CT molecular complexity index is 355. The van der Waals surface area contributed by atoms with E-state index in [1.165, 1.54) is 31.2 Å². The number of nitrogens with one attached hydrogen (secondary N) is 1. The Hall–Kier alpha value is -1.09. The van der Waals surface area contributed by atoms with Gasteiger partial charge in [-0.25, -0.2) is 0 Å². The average molecular weight is 249 g/mol. The maximum Gasteiger partial charge on any atom is 0.0641 e. The van der Waals surface area contributed by atoms with Crippen molar-refractivity contribution in [2.24, 2.45) is 7.05 Å². The predicted octanol–water partition coefficient (Wildman–Crippen LogP) is 3.52. The molecule has 0 saturated carbocycles. The van der Waals surface area contributed by atoms with Gasteiger partial charge in [0.2, 0.25) is 0 Å². The number of allylic oxidation sites excluding steroid dienone is 1. The van der Waals surface area contributed by atoms with Gasteiger partial charge in [0, 0.05) is 24.8 Å². The molecule has 18 heavy (non-hydrogen) atoms. The van der Waals surface area contributed by atoms with Crippen molar-refractivity contribution in [3.63, 3.8) is 0 Å². The molecule has 0 aromatic carbocycles. The molecule has 1 rings (SSSR count). The van der Waals surface area contributed by atoms with Crippen molar-refractivity contribution >= 4 is 0 Å². The molecule has 0 bridgehead atoms. The standard InChI is InChI=1S/C15H27N3/c1-5-7-8-9-10-11-15(16-6-2)14-12-18(4)17-13(14)3/h5,12,15-16H,1,6-11H2,2-4H3. The topological polar surface area (TPSA) is 29.9 Å². The minimum atomic E-state index is 0.451. The van der Waals surface area contributed by atoms with Crippen LogP contribution in [-0.4, -0.2) is 16.3 Å². The lowest BCUT2D eigenvalue weighted by Gasteiger charge is -2.17. The summed E-state index contributed by atoms with van der Waals surface area (Å²) < 4.78 is 1.91. The monoisotopic (exact) mass is 249 g/mol. The lowest BCUT2D eigenvalue weighted by Crippen LogP contribution is -2.21. The summed E-state index contributed by atoms with van der Waals surface area (Å²) in [7, 11) is 1.99. The molecule has 1 heterocycles. The van der Waals surface area contributed by atoms with E-state index in [-0.39, 0.29) is 0 Å². The van der Waals surface area contributed by atoms with Crippen LogP contribution in [0.4, 0.5) is 0 Å². The lowest BCUT2D eigenvalue weighted by atomic mass is 10.0. The van der Waals surface area contributed by atoms with E-state index in [4.69, 9.17) is 0 Å². The lowest BCUT2D eigenvalue weighted by molar-refractivity contribution is 0.482. The molecule has 0 radical (unpaired) electrons. The van der Waals surface area contributed by atoms with Crippen LogP contribution in [0.15, 0.2) is 18.9 Å². The van der Waals surface area contributed by atoms with Crippen molar-refractivity contribution in [3.8, 4) is 0 Å². The number of aromatic nitrogens is 2. The van der Waals surface area contributed by atoms with E-state index >= 15 is 0 Å². The summed E-state index contributed by atoms with van der Waals surface area (Å²) in [5.74, 6) is 0. The van der Waals surface area contributed by atoms with E-state index in [2.05, 4.69) is 37.0 Å². The zero-order valence-electron chi connectivity index (χ0n) is 12.1. The molecule has 0 fully saturated rings. The van der Waals surface area contributed by atoms with Crippen molar-refractivity contribution in [2.75, 3.05) is 6.54 Å². The average Bonchev–Trinajstić information content (AvgIpc) is 2.67. The quantitative estimate of drug-likeness (QED) is 0.536. The van der Waals surface area contributed by atoms with Gasteiger partial charge in [-0.05, 0) is 32.7 Å². The summed E-state index contributed by atoms with van der Waals surface area (Å²) in [6.07, 6.45) is 10.3. The van der Waals surface area contributed by atoms with Crippen LogP contribution < -0.4 is 5.32 Å². The molecule has 3 nitrogen and oxygen atoms in total. The number of unbranched alkanes of at least 4 members (excludes halogenated alkanes) is 3. The van der Waals surface area contributed by atoms with Crippen molar-refractivity contribution in [1.29, 1.82) is 0 Å². The van der Waals surface area contributed by atoms with Gasteiger partial charge >= 0.3 is 0 Å². The fourth-order valence-electron chi connectivity index (χ4n) is 2.39. The Labute approximate surface area is 111 Å². The van der Waals surface area contributed by atoms with Gasteiger partial charge in [-0.3, -0.25) is 4.68 Å². The first-order chi connectivity index (χ1) is 8.69. The van der Waals surface area contributed by atoms with E-state index < -0.39 is 0 Å². The number of hydrogen-bond acceptors (Lipinski definition) is 2. The second-order valence-corrected chi connectivity index (χ2v) is 4.88. The maximum atomic E-state index is 4.44. The van der Waals surface area contributed by atoms with Gasteiger partial charge in [0.1, 0.15) is 0 Å². The molecule has 0 aliphatic carbocycles. The Balaban J connectivity index is 2.49. The molecule has 102 valence electrons. The Morgan fingerprint density at radius 1 is 1.44 bits per heavy atom. The molecule has 1 aromatic heterocycles. The third-order valence-corrected chi connectivity index (χ3v) is 3.28. The number of aryl methyl sites for hydroxylation is 2. The molecule has 0 aliphatic rings. The van der Waals surface area contributed by atoms with Gasteiger partial charge in [-0.15, -0.1) is 6.58 Å². The van der Waals surface area contributed by atoms with Gasteiger partial charge in [0.25, 0.3) is 0 Å². The molecule has 1 aromatic rings. The Morgan fingerprint density at radius 3 is 2.78 bits per heavy atom. The second kappa shape index (κ2) is 8.09. The molecule has 1 unspecified atom stereocenters. The molecular formula is C15H27N3. The van der Waals surface area contributed by atoms with Crippen LogP contribution in [0.25, 0.3) is 0 Å². The highest BCUT2D eigenvalue weighted by Gasteiger charge is 2.14. The number of nitrogens with zero attached hydrogens (tertiary/aromatic N) is 2. The summed E-state index contributed by atoms with van der Waals surface area (Å²) >= 11 is 0. The van der Waals surface area contributed by atoms with Gasteiger partial charge in [-0.1, -0.05) is 25.8 Å². The fraction of sp³-hybridized carbons (Fsp3) is 0.667. The summed E-state index contributed by atoms with van der Waals surface area (Å²) in [6.45, 7) is 9.02. The third kappa shape index (κ3) is 4.65. The first kappa shape index (κ1) is 15.0. The van der Waals surface area contributed by atoms with E-state index in [0.717, 1.165) is 18.7 Å². The van der Waals surface area contributed by atoms with Crippen molar-refractivity contribution < 1.29 is 0 Å². The third-order valence-electron chi connectivity index (χ3n) is 3.28. The minimum absolute atomic E-state index is 0.451. The number of rotatable bonds is 9. The summed E-state index contributed by atoms with van der Waals surface area (Å²) in [5.41, 5.74) is 2.50. The number of hydrogen-bond donors (Lipinski definition) is 1. The van der Waals surface area contributed by atoms with Crippen molar-refractivity contribution in [2.45, 2.75) is 52.0 Å². The second-order valence-electron chi connectivity index (χ2n) is 4.88. The molecule has 0 amide bonds. The molecule has 1 N–H and O–H groups in total. The first-order valence-electron chi connectivity index (χ1n) is 7.03. The van der Waals surface area contributed by atoms with Crippen LogP contribution in [-0.2, 0) is 7.05 Å². The maximum absolute atomic E-state index is 4.44. The van der Waals surface area contributed by atoms with Crippen molar-refractivity contribution in [3.05, 3.63) is 30.1 Å². The van der Waals surface area contributed by atoms with Crippen LogP contribution in [0, 0.1) is 6.92 Å². The first-order valence-corrected chi connectivity index (χ1v) is 7.03. The van der Waals surface area contributed by atoms with E-state index in [1.54, 1.807) is 0 Å². The Morgan fingerprint density at radius 2 is 2.22 bits per heavy atom. The van der Waals surface area contributed by atoms with Gasteiger partial charge in [0.05, 0.1) is 5.69 Å². The van der Waals surface area contributed by atoms with Crippen LogP contribution >= 0.6 is 0 Å². The van der Waals surface area contributed by atoms with Crippen LogP contribution in [0.2, 0.25) is 0 Å². The normalized spacial score (nSPS) is 12.6. The SMILES string of the molecule is C=CCCCCCC(NCC)c1cn(C)nc1C. The zero-order valence-corrected chi connectivity index (χ0v) is 12.1. The molecule has 1 atom stereocenters. The van der Waals surface area contributed by atoms with Crippen LogP contribution in [0.3, 0.4) is 0 Å². The van der Waals surface area contributed by atoms with E-state index in [9.17, 15) is 0 Å². The van der Waals surface area contributed by atoms with E-state index in [0.29, 0.717) is 6.04 Å². The summed E-state index contributed by atoms with van der Waals surface area (Å²) in [4.78, 5) is 0. The predicted molar refractivity (Wildman–Crippen MR) is 77.6 cm³/mol. The largest absolute Gasteiger partial charge is 0.310 e. The van der Waals surface area contributed by atoms with Crippen LogP contribution in [0.5, 0.6) is 0 Å². The molecule has 0 aliphatic heterocycles. The van der Waals surface area contributed by atoms with Crippen molar-refractivity contribution in [1.82, 2.24) is 15.1 Å². The smallest absolute Gasteiger partial charge is 0.0641 e. The van der Waals surface area contributed by atoms with Gasteiger partial charge in [0.15, 0.2) is 0 Å². The van der Waals surface area contributed by atoms with Crippen LogP contribution in [0.1, 0.15) is 56.3 Å². The van der Waals surface area contributed by atoms with Gasteiger partial charge < -0.3 is 5.32 Å². The highest BCUT2D eigenvalue weighted by molar-refractivity contribution is 5.19. The summed E-state index contributed by atoms with van der Waals surface area (Å²) in [6, 6.07) is 0.451. The van der Waals surface area contributed by atoms with Gasteiger partial charge in [-0.2, -0.15) is 5.10 Å². The fourth-order valence-corrected chi connectivity index (χ4v) is 2.39. The molecule has 0 saturated heterocycles. The highest BCUT2D eigenvalue weighted by atomic mass is 15.3. The molecule has 3 heteroatoms. The Kier molecular flexibility index (Phi) is 6.73. The molecule has 0 spiro atoms. The highest BCUT2D eigenvalue weighted by Crippen LogP contribution is 2.22.